The number of ether oxygens (including phenoxy) is 1. The van der Waals surface area contributed by atoms with E-state index in [0.29, 0.717) is 13.2 Å². The predicted molar refractivity (Wildman–Crippen MR) is 90.2 cm³/mol. The molecule has 0 radical (unpaired) electrons. The Kier molecular flexibility index (Phi) is 8.42. The zero-order chi connectivity index (χ0) is 15.1. The van der Waals surface area contributed by atoms with Gasteiger partial charge >= 0.3 is 0 Å². The van der Waals surface area contributed by atoms with Gasteiger partial charge in [0.05, 0.1) is 13.2 Å². The van der Waals surface area contributed by atoms with Gasteiger partial charge in [-0.15, -0.1) is 12.4 Å². The SMILES string of the molecule is COCc1cccc(CN(C)CC(=O)N2CCNCC2)c1.Cl. The van der Waals surface area contributed by atoms with E-state index in [1.54, 1.807) is 7.11 Å². The van der Waals surface area contributed by atoms with E-state index in [1.807, 2.05) is 18.0 Å². The third kappa shape index (κ3) is 5.93. The second-order valence-electron chi connectivity index (χ2n) is 5.56. The topological polar surface area (TPSA) is 44.8 Å². The first-order valence-corrected chi connectivity index (χ1v) is 7.43. The lowest BCUT2D eigenvalue weighted by molar-refractivity contribution is -0.132. The minimum absolute atomic E-state index is 0. The average Bonchev–Trinajstić information content (AvgIpc) is 2.48. The van der Waals surface area contributed by atoms with Crippen LogP contribution in [-0.4, -0.2) is 62.6 Å². The summed E-state index contributed by atoms with van der Waals surface area (Å²) in [4.78, 5) is 16.2. The van der Waals surface area contributed by atoms with Gasteiger partial charge in [0.25, 0.3) is 0 Å². The van der Waals surface area contributed by atoms with Gasteiger partial charge in [-0.1, -0.05) is 24.3 Å². The highest BCUT2D eigenvalue weighted by atomic mass is 35.5. The number of halogens is 1. The van der Waals surface area contributed by atoms with E-state index in [2.05, 4.69) is 28.4 Å². The van der Waals surface area contributed by atoms with Crippen molar-refractivity contribution >= 4 is 18.3 Å². The lowest BCUT2D eigenvalue weighted by Gasteiger charge is -2.29. The minimum Gasteiger partial charge on any atom is -0.380 e. The Bertz CT molecular complexity index is 464. The standard InChI is InChI=1S/C16H25N3O2.ClH/c1-18(12-16(20)19-8-6-17-7-9-19)11-14-4-3-5-15(10-14)13-21-2;/h3-5,10,17H,6-9,11-13H2,1-2H3;1H. The van der Waals surface area contributed by atoms with Crippen LogP contribution in [0.1, 0.15) is 11.1 Å². The number of rotatable bonds is 6. The van der Waals surface area contributed by atoms with Crippen molar-refractivity contribution in [2.75, 3.05) is 46.9 Å². The van der Waals surface area contributed by atoms with Crippen LogP contribution in [0.3, 0.4) is 0 Å². The van der Waals surface area contributed by atoms with E-state index in [1.165, 1.54) is 5.56 Å². The molecule has 1 aromatic carbocycles. The predicted octanol–water partition coefficient (Wildman–Crippen LogP) is 1.12. The normalized spacial score (nSPS) is 14.8. The van der Waals surface area contributed by atoms with Gasteiger partial charge in [-0.2, -0.15) is 0 Å². The molecule has 0 atom stereocenters. The molecule has 1 saturated heterocycles. The molecule has 1 N–H and O–H groups in total. The first kappa shape index (κ1) is 18.9. The molecule has 5 nitrogen and oxygen atoms in total. The summed E-state index contributed by atoms with van der Waals surface area (Å²) in [7, 11) is 3.69. The highest BCUT2D eigenvalue weighted by Crippen LogP contribution is 2.09. The molecule has 0 unspecified atom stereocenters. The van der Waals surface area contributed by atoms with Crippen molar-refractivity contribution in [1.29, 1.82) is 0 Å². The minimum atomic E-state index is 0. The van der Waals surface area contributed by atoms with E-state index in [0.717, 1.165) is 38.3 Å². The number of amides is 1. The molecule has 22 heavy (non-hydrogen) atoms. The zero-order valence-corrected chi connectivity index (χ0v) is 14.2. The van der Waals surface area contributed by atoms with Gasteiger partial charge in [0, 0.05) is 39.8 Å². The fourth-order valence-corrected chi connectivity index (χ4v) is 2.60. The second kappa shape index (κ2) is 9.79. The highest BCUT2D eigenvalue weighted by Gasteiger charge is 2.17. The van der Waals surface area contributed by atoms with Crippen molar-refractivity contribution in [2.24, 2.45) is 0 Å². The lowest BCUT2D eigenvalue weighted by Crippen LogP contribution is -2.49. The first-order chi connectivity index (χ1) is 10.2. The molecule has 1 aliphatic rings. The molecule has 1 aromatic rings. The Hall–Kier alpha value is -1.14. The van der Waals surface area contributed by atoms with Gasteiger partial charge in [-0.3, -0.25) is 9.69 Å². The van der Waals surface area contributed by atoms with Crippen molar-refractivity contribution in [3.63, 3.8) is 0 Å². The van der Waals surface area contributed by atoms with Crippen LogP contribution in [0.25, 0.3) is 0 Å². The third-order valence-corrected chi connectivity index (χ3v) is 3.63. The Balaban J connectivity index is 0.00000242. The number of hydrogen-bond acceptors (Lipinski definition) is 4. The summed E-state index contributed by atoms with van der Waals surface area (Å²) in [6.45, 7) is 5.29. The number of nitrogens with zero attached hydrogens (tertiary/aromatic N) is 2. The summed E-state index contributed by atoms with van der Waals surface area (Å²) in [5.41, 5.74) is 2.37. The molecule has 1 fully saturated rings. The summed E-state index contributed by atoms with van der Waals surface area (Å²) in [5.74, 6) is 0.215. The second-order valence-corrected chi connectivity index (χ2v) is 5.56. The summed E-state index contributed by atoms with van der Waals surface area (Å²) in [6.07, 6.45) is 0. The van der Waals surface area contributed by atoms with Crippen molar-refractivity contribution in [1.82, 2.24) is 15.1 Å². The van der Waals surface area contributed by atoms with Gasteiger partial charge in [0.15, 0.2) is 0 Å². The molecule has 0 aromatic heterocycles. The third-order valence-electron chi connectivity index (χ3n) is 3.63. The van der Waals surface area contributed by atoms with Gasteiger partial charge in [-0.25, -0.2) is 0 Å². The maximum Gasteiger partial charge on any atom is 0.236 e. The van der Waals surface area contributed by atoms with Gasteiger partial charge in [0.2, 0.25) is 5.91 Å². The number of carbonyl (C=O) groups is 1. The molecule has 0 aliphatic carbocycles. The van der Waals surface area contributed by atoms with Crippen molar-refractivity contribution in [3.8, 4) is 0 Å². The average molecular weight is 328 g/mol. The Morgan fingerprint density at radius 1 is 1.32 bits per heavy atom. The summed E-state index contributed by atoms with van der Waals surface area (Å²) >= 11 is 0. The van der Waals surface area contributed by atoms with Crippen LogP contribution in [-0.2, 0) is 22.7 Å². The Morgan fingerprint density at radius 3 is 2.68 bits per heavy atom. The first-order valence-electron chi connectivity index (χ1n) is 7.43. The summed E-state index contributed by atoms with van der Waals surface area (Å²) in [6, 6.07) is 8.31. The molecule has 0 spiro atoms. The number of benzene rings is 1. The largest absolute Gasteiger partial charge is 0.380 e. The van der Waals surface area contributed by atoms with Crippen molar-refractivity contribution < 1.29 is 9.53 Å². The monoisotopic (exact) mass is 327 g/mol. The van der Waals surface area contributed by atoms with Crippen LogP contribution in [0.5, 0.6) is 0 Å². The van der Waals surface area contributed by atoms with E-state index >= 15 is 0 Å². The van der Waals surface area contributed by atoms with Crippen molar-refractivity contribution in [3.05, 3.63) is 35.4 Å². The molecule has 124 valence electrons. The summed E-state index contributed by atoms with van der Waals surface area (Å²) in [5, 5.41) is 3.26. The van der Waals surface area contributed by atoms with Gasteiger partial charge in [-0.05, 0) is 18.2 Å². The smallest absolute Gasteiger partial charge is 0.236 e. The quantitative estimate of drug-likeness (QED) is 0.850. The van der Waals surface area contributed by atoms with Crippen LogP contribution in [0, 0.1) is 0 Å². The van der Waals surface area contributed by atoms with Crippen LogP contribution < -0.4 is 5.32 Å². The number of likely N-dealkylation sites (N-methyl/N-ethyl adjacent to an activating group) is 1. The molecular weight excluding hydrogens is 302 g/mol. The molecule has 6 heteroatoms. The molecule has 0 saturated carbocycles. The van der Waals surface area contributed by atoms with Crippen molar-refractivity contribution in [2.45, 2.75) is 13.2 Å². The lowest BCUT2D eigenvalue weighted by atomic mass is 10.1. The van der Waals surface area contributed by atoms with E-state index < -0.39 is 0 Å². The van der Waals surface area contributed by atoms with E-state index in [-0.39, 0.29) is 18.3 Å². The number of nitrogens with one attached hydrogen (secondary N) is 1. The molecule has 0 bridgehead atoms. The molecule has 1 heterocycles. The Morgan fingerprint density at radius 2 is 2.00 bits per heavy atom. The number of hydrogen-bond donors (Lipinski definition) is 1. The molecular formula is C16H26ClN3O2. The van der Waals surface area contributed by atoms with E-state index in [4.69, 9.17) is 4.74 Å². The van der Waals surface area contributed by atoms with Gasteiger partial charge < -0.3 is 15.0 Å². The van der Waals surface area contributed by atoms with Crippen LogP contribution in [0.15, 0.2) is 24.3 Å². The van der Waals surface area contributed by atoms with Crippen LogP contribution in [0.2, 0.25) is 0 Å². The van der Waals surface area contributed by atoms with Gasteiger partial charge in [0.1, 0.15) is 0 Å². The maximum absolute atomic E-state index is 12.2. The van der Waals surface area contributed by atoms with Crippen LogP contribution >= 0.6 is 12.4 Å². The number of piperazine rings is 1. The summed E-state index contributed by atoms with van der Waals surface area (Å²) < 4.78 is 5.15. The molecule has 2 rings (SSSR count). The zero-order valence-electron chi connectivity index (χ0n) is 13.4. The molecule has 1 aliphatic heterocycles. The van der Waals surface area contributed by atoms with Crippen LogP contribution in [0.4, 0.5) is 0 Å². The fraction of sp³-hybridized carbons (Fsp3) is 0.562. The maximum atomic E-state index is 12.2. The Labute approximate surface area is 139 Å². The fourth-order valence-electron chi connectivity index (χ4n) is 2.60. The number of methoxy groups -OCH3 is 1. The molecule has 1 amide bonds. The number of carbonyl (C=O) groups excluding carboxylic acids is 1. The highest BCUT2D eigenvalue weighted by molar-refractivity contribution is 5.85. The van der Waals surface area contributed by atoms with E-state index in [9.17, 15) is 4.79 Å².